The van der Waals surface area contributed by atoms with Crippen LogP contribution in [0.25, 0.3) is 10.8 Å². The standard InChI is InChI=1S/C22H22INO/c1-15-10-11-20(21(23)13-15)22(25)24-14-16(2)12-18-8-5-7-17-6-3-4-9-19(17)18/h3-11,13,16H,12,14H2,1-2H3,(H,24,25). The lowest BCUT2D eigenvalue weighted by Crippen LogP contribution is -2.29. The van der Waals surface area contributed by atoms with E-state index in [-0.39, 0.29) is 5.91 Å². The maximum absolute atomic E-state index is 12.4. The molecule has 0 saturated carbocycles. The van der Waals surface area contributed by atoms with Crippen molar-refractivity contribution in [2.24, 2.45) is 5.92 Å². The number of benzene rings is 3. The van der Waals surface area contributed by atoms with E-state index in [9.17, 15) is 4.79 Å². The van der Waals surface area contributed by atoms with Gasteiger partial charge in [-0.25, -0.2) is 0 Å². The number of hydrogen-bond donors (Lipinski definition) is 1. The summed E-state index contributed by atoms with van der Waals surface area (Å²) in [5, 5.41) is 5.65. The number of amides is 1. The van der Waals surface area contributed by atoms with Crippen LogP contribution in [0.1, 0.15) is 28.4 Å². The van der Waals surface area contributed by atoms with Gasteiger partial charge in [-0.2, -0.15) is 0 Å². The first kappa shape index (κ1) is 17.9. The third-order valence-corrected chi connectivity index (χ3v) is 5.32. The summed E-state index contributed by atoms with van der Waals surface area (Å²) >= 11 is 2.23. The van der Waals surface area contributed by atoms with Crippen LogP contribution in [0.5, 0.6) is 0 Å². The van der Waals surface area contributed by atoms with Crippen LogP contribution in [0, 0.1) is 16.4 Å². The zero-order valence-electron chi connectivity index (χ0n) is 14.6. The van der Waals surface area contributed by atoms with E-state index >= 15 is 0 Å². The van der Waals surface area contributed by atoms with Gasteiger partial charge in [0.2, 0.25) is 0 Å². The maximum Gasteiger partial charge on any atom is 0.252 e. The summed E-state index contributed by atoms with van der Waals surface area (Å²) in [7, 11) is 0. The minimum Gasteiger partial charge on any atom is -0.352 e. The number of aryl methyl sites for hydroxylation is 1. The van der Waals surface area contributed by atoms with Crippen LogP contribution in [-0.2, 0) is 6.42 Å². The molecule has 3 aromatic carbocycles. The predicted octanol–water partition coefficient (Wildman–Crippen LogP) is 5.36. The van der Waals surface area contributed by atoms with Crippen LogP contribution >= 0.6 is 22.6 Å². The lowest BCUT2D eigenvalue weighted by Gasteiger charge is -2.15. The van der Waals surface area contributed by atoms with Gasteiger partial charge in [-0.05, 0) is 70.3 Å². The molecule has 1 atom stereocenters. The lowest BCUT2D eigenvalue weighted by molar-refractivity contribution is 0.0947. The Balaban J connectivity index is 1.64. The van der Waals surface area contributed by atoms with Crippen molar-refractivity contribution in [2.75, 3.05) is 6.54 Å². The topological polar surface area (TPSA) is 29.1 Å². The average Bonchev–Trinajstić information content (AvgIpc) is 2.60. The van der Waals surface area contributed by atoms with Gasteiger partial charge in [0.15, 0.2) is 0 Å². The van der Waals surface area contributed by atoms with Crippen LogP contribution in [0.2, 0.25) is 0 Å². The highest BCUT2D eigenvalue weighted by Crippen LogP contribution is 2.21. The van der Waals surface area contributed by atoms with Gasteiger partial charge < -0.3 is 5.32 Å². The second kappa shape index (κ2) is 8.00. The molecular weight excluding hydrogens is 421 g/mol. The Hall–Kier alpha value is -1.88. The molecule has 0 bridgehead atoms. The molecule has 0 heterocycles. The van der Waals surface area contributed by atoms with Crippen molar-refractivity contribution in [3.8, 4) is 0 Å². The smallest absolute Gasteiger partial charge is 0.252 e. The Labute approximate surface area is 162 Å². The second-order valence-electron chi connectivity index (χ2n) is 6.64. The summed E-state index contributed by atoms with van der Waals surface area (Å²) in [6, 6.07) is 20.8. The van der Waals surface area contributed by atoms with Crippen molar-refractivity contribution in [3.05, 3.63) is 80.9 Å². The average molecular weight is 443 g/mol. The SMILES string of the molecule is Cc1ccc(C(=O)NCC(C)Cc2cccc3ccccc23)c(I)c1. The first-order valence-corrected chi connectivity index (χ1v) is 9.63. The van der Waals surface area contributed by atoms with Crippen LogP contribution in [0.3, 0.4) is 0 Å². The highest BCUT2D eigenvalue weighted by Gasteiger charge is 2.12. The molecule has 3 heteroatoms. The largest absolute Gasteiger partial charge is 0.352 e. The Morgan fingerprint density at radius 1 is 1.08 bits per heavy atom. The number of carbonyl (C=O) groups is 1. The van der Waals surface area contributed by atoms with Gasteiger partial charge in [0.1, 0.15) is 0 Å². The monoisotopic (exact) mass is 443 g/mol. The first-order chi connectivity index (χ1) is 12.0. The van der Waals surface area contributed by atoms with Crippen molar-refractivity contribution < 1.29 is 4.79 Å². The molecule has 128 valence electrons. The fourth-order valence-corrected chi connectivity index (χ4v) is 4.00. The Kier molecular flexibility index (Phi) is 5.74. The number of halogens is 1. The first-order valence-electron chi connectivity index (χ1n) is 8.55. The van der Waals surface area contributed by atoms with Crippen LogP contribution < -0.4 is 5.32 Å². The predicted molar refractivity (Wildman–Crippen MR) is 113 cm³/mol. The van der Waals surface area contributed by atoms with Crippen LogP contribution in [-0.4, -0.2) is 12.5 Å². The van der Waals surface area contributed by atoms with Gasteiger partial charge in [-0.15, -0.1) is 0 Å². The van der Waals surface area contributed by atoms with E-state index in [0.29, 0.717) is 12.5 Å². The maximum atomic E-state index is 12.4. The van der Waals surface area contributed by atoms with Crippen molar-refractivity contribution >= 4 is 39.3 Å². The van der Waals surface area contributed by atoms with E-state index in [1.807, 2.05) is 25.1 Å². The molecule has 0 saturated heterocycles. The Morgan fingerprint density at radius 3 is 2.64 bits per heavy atom. The third-order valence-electron chi connectivity index (χ3n) is 4.43. The van der Waals surface area contributed by atoms with Crippen LogP contribution in [0.15, 0.2) is 60.7 Å². The Bertz CT molecular complexity index is 898. The molecule has 3 rings (SSSR count). The highest BCUT2D eigenvalue weighted by atomic mass is 127. The molecular formula is C22H22INO. The molecule has 0 aliphatic heterocycles. The van der Waals surface area contributed by atoms with Gasteiger partial charge in [-0.1, -0.05) is 61.0 Å². The number of nitrogens with one attached hydrogen (secondary N) is 1. The second-order valence-corrected chi connectivity index (χ2v) is 7.80. The minimum absolute atomic E-state index is 0.00849. The molecule has 0 fully saturated rings. The molecule has 0 aliphatic carbocycles. The molecule has 25 heavy (non-hydrogen) atoms. The van der Waals surface area contributed by atoms with Gasteiger partial charge >= 0.3 is 0 Å². The van der Waals surface area contributed by atoms with E-state index < -0.39 is 0 Å². The number of rotatable bonds is 5. The molecule has 1 N–H and O–H groups in total. The zero-order valence-corrected chi connectivity index (χ0v) is 16.7. The molecule has 0 aromatic heterocycles. The van der Waals surface area contributed by atoms with Gasteiger partial charge in [-0.3, -0.25) is 4.79 Å². The lowest BCUT2D eigenvalue weighted by atomic mass is 9.96. The summed E-state index contributed by atoms with van der Waals surface area (Å²) in [5.41, 5.74) is 3.26. The Morgan fingerprint density at radius 2 is 1.84 bits per heavy atom. The highest BCUT2D eigenvalue weighted by molar-refractivity contribution is 14.1. The van der Waals surface area contributed by atoms with Crippen LogP contribution in [0.4, 0.5) is 0 Å². The number of carbonyl (C=O) groups excluding carboxylic acids is 1. The van der Waals surface area contributed by atoms with Gasteiger partial charge in [0.05, 0.1) is 5.56 Å². The van der Waals surface area contributed by atoms with E-state index in [2.05, 4.69) is 77.3 Å². The van der Waals surface area contributed by atoms with E-state index in [0.717, 1.165) is 15.6 Å². The summed E-state index contributed by atoms with van der Waals surface area (Å²) < 4.78 is 0.997. The molecule has 3 aromatic rings. The molecule has 1 amide bonds. The fraction of sp³-hybridized carbons (Fsp3) is 0.227. The minimum atomic E-state index is 0.00849. The van der Waals surface area contributed by atoms with Gasteiger partial charge in [0.25, 0.3) is 5.91 Å². The molecule has 2 nitrogen and oxygen atoms in total. The van der Waals surface area contributed by atoms with Gasteiger partial charge in [0, 0.05) is 10.1 Å². The van der Waals surface area contributed by atoms with Crippen molar-refractivity contribution in [1.29, 1.82) is 0 Å². The molecule has 0 radical (unpaired) electrons. The normalized spacial score (nSPS) is 12.1. The summed E-state index contributed by atoms with van der Waals surface area (Å²) in [6.07, 6.45) is 0.951. The fourth-order valence-electron chi connectivity index (χ4n) is 3.08. The van der Waals surface area contributed by atoms with E-state index in [1.54, 1.807) is 0 Å². The number of hydrogen-bond acceptors (Lipinski definition) is 1. The summed E-state index contributed by atoms with van der Waals surface area (Å²) in [4.78, 5) is 12.4. The quantitative estimate of drug-likeness (QED) is 0.529. The number of fused-ring (bicyclic) bond motifs is 1. The van der Waals surface area contributed by atoms with E-state index in [1.165, 1.54) is 21.9 Å². The third kappa shape index (κ3) is 4.40. The zero-order chi connectivity index (χ0) is 17.8. The molecule has 0 aliphatic rings. The van der Waals surface area contributed by atoms with Crippen molar-refractivity contribution in [2.45, 2.75) is 20.3 Å². The molecule has 1 unspecified atom stereocenters. The van der Waals surface area contributed by atoms with E-state index in [4.69, 9.17) is 0 Å². The molecule has 0 spiro atoms. The van der Waals surface area contributed by atoms with Crippen molar-refractivity contribution in [3.63, 3.8) is 0 Å². The summed E-state index contributed by atoms with van der Waals surface area (Å²) in [5.74, 6) is 0.382. The van der Waals surface area contributed by atoms with Crippen molar-refractivity contribution in [1.82, 2.24) is 5.32 Å². The summed E-state index contributed by atoms with van der Waals surface area (Å²) in [6.45, 7) is 4.89.